The summed E-state index contributed by atoms with van der Waals surface area (Å²) in [5.74, 6) is -0.177. The summed E-state index contributed by atoms with van der Waals surface area (Å²) in [5, 5.41) is 5.66. The summed E-state index contributed by atoms with van der Waals surface area (Å²) in [6.45, 7) is 2.32. The van der Waals surface area contributed by atoms with Gasteiger partial charge in [0.05, 0.1) is 19.1 Å². The van der Waals surface area contributed by atoms with Gasteiger partial charge in [-0.3, -0.25) is 0 Å². The molecule has 0 bridgehead atoms. The molecule has 0 unspecified atom stereocenters. The summed E-state index contributed by atoms with van der Waals surface area (Å²) >= 11 is 0. The number of nitrogens with two attached hydrogens (primary N) is 1. The summed E-state index contributed by atoms with van der Waals surface area (Å²) in [7, 11) is 0. The topological polar surface area (TPSA) is 28.6 Å². The van der Waals surface area contributed by atoms with Crippen molar-refractivity contribution >= 4 is 5.69 Å². The standard InChI is InChI=1S/C10H13FN2/c11-8-1-3-9(4-2-8)13-10-5-6-12-7-10/h1-4,10,12-13H,5-7H2/p+1/t10-/m0/s1. The summed E-state index contributed by atoms with van der Waals surface area (Å²) in [6.07, 6.45) is 1.19. The summed E-state index contributed by atoms with van der Waals surface area (Å²) in [5.41, 5.74) is 1.02. The van der Waals surface area contributed by atoms with Gasteiger partial charge in [0, 0.05) is 12.1 Å². The molecule has 13 heavy (non-hydrogen) atoms. The van der Waals surface area contributed by atoms with Crippen LogP contribution in [0, 0.1) is 5.82 Å². The summed E-state index contributed by atoms with van der Waals surface area (Å²) in [4.78, 5) is 0. The van der Waals surface area contributed by atoms with E-state index in [0.29, 0.717) is 6.04 Å². The molecule has 2 rings (SSSR count). The molecule has 0 aliphatic carbocycles. The molecule has 1 aromatic rings. The van der Waals surface area contributed by atoms with Crippen LogP contribution in [0.15, 0.2) is 24.3 Å². The molecular weight excluding hydrogens is 167 g/mol. The van der Waals surface area contributed by atoms with Gasteiger partial charge in [0.2, 0.25) is 0 Å². The SMILES string of the molecule is Fc1ccc(N[C@H]2CC[NH2+]C2)cc1. The zero-order chi connectivity index (χ0) is 9.10. The van der Waals surface area contributed by atoms with Gasteiger partial charge in [-0.2, -0.15) is 0 Å². The molecule has 1 fully saturated rings. The molecule has 1 saturated heterocycles. The number of halogens is 1. The van der Waals surface area contributed by atoms with Crippen LogP contribution in [0.1, 0.15) is 6.42 Å². The van der Waals surface area contributed by atoms with Crippen molar-refractivity contribution in [2.75, 3.05) is 18.4 Å². The van der Waals surface area contributed by atoms with Crippen molar-refractivity contribution in [2.24, 2.45) is 0 Å². The Morgan fingerprint density at radius 3 is 2.69 bits per heavy atom. The third kappa shape index (κ3) is 2.18. The minimum absolute atomic E-state index is 0.177. The quantitative estimate of drug-likeness (QED) is 0.686. The average Bonchev–Trinajstić information content (AvgIpc) is 2.62. The van der Waals surface area contributed by atoms with E-state index in [-0.39, 0.29) is 5.82 Å². The lowest BCUT2D eigenvalue weighted by Crippen LogP contribution is -2.81. The molecule has 0 amide bonds. The van der Waals surface area contributed by atoms with E-state index in [0.717, 1.165) is 12.2 Å². The molecule has 0 aromatic heterocycles. The fraction of sp³-hybridized carbons (Fsp3) is 0.400. The highest BCUT2D eigenvalue weighted by atomic mass is 19.1. The molecule has 2 nitrogen and oxygen atoms in total. The van der Waals surface area contributed by atoms with E-state index in [2.05, 4.69) is 10.6 Å². The number of hydrogen-bond donors (Lipinski definition) is 2. The Bertz CT molecular complexity index is 265. The van der Waals surface area contributed by atoms with Gasteiger partial charge in [-0.15, -0.1) is 0 Å². The second-order valence-corrected chi connectivity index (χ2v) is 3.45. The molecule has 3 heteroatoms. The molecule has 70 valence electrons. The van der Waals surface area contributed by atoms with Crippen LogP contribution in [-0.2, 0) is 0 Å². The van der Waals surface area contributed by atoms with E-state index in [9.17, 15) is 4.39 Å². The molecule has 1 aromatic carbocycles. The van der Waals surface area contributed by atoms with Crippen LogP contribution in [0.25, 0.3) is 0 Å². The van der Waals surface area contributed by atoms with Crippen molar-refractivity contribution in [1.29, 1.82) is 0 Å². The molecule has 0 spiro atoms. The van der Waals surface area contributed by atoms with Crippen LogP contribution >= 0.6 is 0 Å². The van der Waals surface area contributed by atoms with Crippen molar-refractivity contribution in [3.63, 3.8) is 0 Å². The molecule has 1 heterocycles. The minimum atomic E-state index is -0.177. The van der Waals surface area contributed by atoms with Gasteiger partial charge in [0.1, 0.15) is 5.82 Å². The van der Waals surface area contributed by atoms with Gasteiger partial charge in [-0.1, -0.05) is 0 Å². The van der Waals surface area contributed by atoms with Gasteiger partial charge >= 0.3 is 0 Å². The third-order valence-electron chi connectivity index (χ3n) is 2.39. The second kappa shape index (κ2) is 3.75. The number of anilines is 1. The van der Waals surface area contributed by atoms with Crippen molar-refractivity contribution in [3.8, 4) is 0 Å². The molecule has 0 radical (unpaired) electrons. The van der Waals surface area contributed by atoms with Gasteiger partial charge in [0.25, 0.3) is 0 Å². The first-order valence-corrected chi connectivity index (χ1v) is 4.68. The maximum atomic E-state index is 12.6. The Labute approximate surface area is 77.2 Å². The zero-order valence-corrected chi connectivity index (χ0v) is 7.46. The van der Waals surface area contributed by atoms with E-state index in [1.165, 1.54) is 25.1 Å². The lowest BCUT2D eigenvalue weighted by atomic mass is 10.2. The predicted molar refractivity (Wildman–Crippen MR) is 50.1 cm³/mol. The van der Waals surface area contributed by atoms with Crippen LogP contribution in [0.5, 0.6) is 0 Å². The second-order valence-electron chi connectivity index (χ2n) is 3.45. The van der Waals surface area contributed by atoms with Gasteiger partial charge in [0.15, 0.2) is 0 Å². The van der Waals surface area contributed by atoms with Crippen LogP contribution in [0.2, 0.25) is 0 Å². The van der Waals surface area contributed by atoms with Gasteiger partial charge in [-0.05, 0) is 24.3 Å². The molecule has 0 saturated carbocycles. The number of benzene rings is 1. The predicted octanol–water partition coefficient (Wildman–Crippen LogP) is 0.573. The Morgan fingerprint density at radius 1 is 1.31 bits per heavy atom. The highest BCUT2D eigenvalue weighted by molar-refractivity contribution is 5.43. The van der Waals surface area contributed by atoms with E-state index >= 15 is 0 Å². The third-order valence-corrected chi connectivity index (χ3v) is 2.39. The van der Waals surface area contributed by atoms with Crippen LogP contribution in [0.3, 0.4) is 0 Å². The zero-order valence-electron chi connectivity index (χ0n) is 7.46. The first-order valence-electron chi connectivity index (χ1n) is 4.68. The van der Waals surface area contributed by atoms with E-state index < -0.39 is 0 Å². The maximum Gasteiger partial charge on any atom is 0.123 e. The fourth-order valence-corrected chi connectivity index (χ4v) is 1.67. The van der Waals surface area contributed by atoms with Crippen molar-refractivity contribution in [1.82, 2.24) is 0 Å². The number of rotatable bonds is 2. The lowest BCUT2D eigenvalue weighted by Gasteiger charge is -2.10. The lowest BCUT2D eigenvalue weighted by molar-refractivity contribution is -0.636. The van der Waals surface area contributed by atoms with Gasteiger partial charge in [-0.25, -0.2) is 4.39 Å². The van der Waals surface area contributed by atoms with E-state index in [4.69, 9.17) is 0 Å². The van der Waals surface area contributed by atoms with Crippen LogP contribution in [0.4, 0.5) is 10.1 Å². The number of hydrogen-bond acceptors (Lipinski definition) is 1. The molecule has 1 aliphatic rings. The largest absolute Gasteiger partial charge is 0.377 e. The molecule has 1 aliphatic heterocycles. The Balaban J connectivity index is 1.97. The van der Waals surface area contributed by atoms with Crippen LogP contribution in [-0.4, -0.2) is 19.1 Å². The molecular formula is C10H14FN2+. The van der Waals surface area contributed by atoms with Crippen LogP contribution < -0.4 is 10.6 Å². The van der Waals surface area contributed by atoms with Crippen molar-refractivity contribution in [3.05, 3.63) is 30.1 Å². The first-order chi connectivity index (χ1) is 6.34. The molecule has 1 atom stereocenters. The number of nitrogens with one attached hydrogen (secondary N) is 1. The van der Waals surface area contributed by atoms with E-state index in [1.54, 1.807) is 12.1 Å². The highest BCUT2D eigenvalue weighted by Crippen LogP contribution is 2.10. The molecule has 3 N–H and O–H groups in total. The first kappa shape index (κ1) is 8.51. The average molecular weight is 181 g/mol. The van der Waals surface area contributed by atoms with E-state index in [1.807, 2.05) is 0 Å². The Kier molecular flexibility index (Phi) is 2.45. The fourth-order valence-electron chi connectivity index (χ4n) is 1.67. The van der Waals surface area contributed by atoms with Crippen molar-refractivity contribution in [2.45, 2.75) is 12.5 Å². The van der Waals surface area contributed by atoms with Crippen molar-refractivity contribution < 1.29 is 9.71 Å². The number of quaternary nitrogens is 1. The normalized spacial score (nSPS) is 21.8. The maximum absolute atomic E-state index is 12.6. The van der Waals surface area contributed by atoms with Gasteiger partial charge < -0.3 is 10.6 Å². The minimum Gasteiger partial charge on any atom is -0.377 e. The summed E-state index contributed by atoms with van der Waals surface area (Å²) < 4.78 is 12.6. The smallest absolute Gasteiger partial charge is 0.123 e. The Morgan fingerprint density at radius 2 is 2.08 bits per heavy atom. The Hall–Kier alpha value is -1.09. The monoisotopic (exact) mass is 181 g/mol. The summed E-state index contributed by atoms with van der Waals surface area (Å²) in [6, 6.07) is 7.09. The highest BCUT2D eigenvalue weighted by Gasteiger charge is 2.16.